The zero-order valence-corrected chi connectivity index (χ0v) is 14.8. The normalized spacial score (nSPS) is 10.4. The second-order valence-corrected chi connectivity index (χ2v) is 5.83. The number of rotatable bonds is 9. The molecule has 0 bridgehead atoms. The van der Waals surface area contributed by atoms with Crippen LogP contribution in [0.3, 0.4) is 0 Å². The van der Waals surface area contributed by atoms with Gasteiger partial charge < -0.3 is 19.7 Å². The SMILES string of the molecule is COc1cc(C(=O)CCCCC(=O)c2ccc(O)c(OC)c2)ccc1O. The van der Waals surface area contributed by atoms with E-state index in [2.05, 4.69) is 0 Å². The summed E-state index contributed by atoms with van der Waals surface area (Å²) >= 11 is 0. The van der Waals surface area contributed by atoms with Gasteiger partial charge in [-0.05, 0) is 49.2 Å². The van der Waals surface area contributed by atoms with Crippen molar-refractivity contribution >= 4 is 11.6 Å². The molecule has 0 fully saturated rings. The van der Waals surface area contributed by atoms with E-state index in [9.17, 15) is 19.8 Å². The topological polar surface area (TPSA) is 93.1 Å². The van der Waals surface area contributed by atoms with Crippen LogP contribution in [0.15, 0.2) is 36.4 Å². The Balaban J connectivity index is 1.84. The number of benzene rings is 2. The van der Waals surface area contributed by atoms with Crippen LogP contribution in [-0.2, 0) is 0 Å². The van der Waals surface area contributed by atoms with E-state index in [4.69, 9.17) is 9.47 Å². The molecule has 0 aliphatic rings. The Kier molecular flexibility index (Phi) is 6.60. The van der Waals surface area contributed by atoms with Crippen LogP contribution in [0.25, 0.3) is 0 Å². The number of aromatic hydroxyl groups is 2. The van der Waals surface area contributed by atoms with Crippen molar-refractivity contribution in [3.63, 3.8) is 0 Å². The predicted octanol–water partition coefficient (Wildman–Crippen LogP) is 3.74. The lowest BCUT2D eigenvalue weighted by Gasteiger charge is -2.07. The van der Waals surface area contributed by atoms with Crippen molar-refractivity contribution in [3.8, 4) is 23.0 Å². The number of ketones is 2. The van der Waals surface area contributed by atoms with Crippen LogP contribution in [0.1, 0.15) is 46.4 Å². The fourth-order valence-electron chi connectivity index (χ4n) is 2.56. The van der Waals surface area contributed by atoms with Crippen molar-refractivity contribution < 1.29 is 29.3 Å². The Hall–Kier alpha value is -3.02. The van der Waals surface area contributed by atoms with Crippen LogP contribution in [0.4, 0.5) is 0 Å². The first-order valence-electron chi connectivity index (χ1n) is 8.26. The molecule has 138 valence electrons. The number of carbonyl (C=O) groups is 2. The monoisotopic (exact) mass is 358 g/mol. The number of hydrogen-bond donors (Lipinski definition) is 2. The summed E-state index contributed by atoms with van der Waals surface area (Å²) in [4.78, 5) is 24.4. The van der Waals surface area contributed by atoms with Gasteiger partial charge in [-0.15, -0.1) is 0 Å². The van der Waals surface area contributed by atoms with Gasteiger partial charge in [0.1, 0.15) is 0 Å². The Morgan fingerprint density at radius 2 is 1.15 bits per heavy atom. The maximum absolute atomic E-state index is 12.2. The molecule has 0 unspecified atom stereocenters. The number of ether oxygens (including phenoxy) is 2. The quantitative estimate of drug-likeness (QED) is 0.524. The van der Waals surface area contributed by atoms with Gasteiger partial charge in [0.15, 0.2) is 34.6 Å². The molecule has 0 radical (unpaired) electrons. The highest BCUT2D eigenvalue weighted by Gasteiger charge is 2.12. The van der Waals surface area contributed by atoms with E-state index in [1.165, 1.54) is 38.5 Å². The molecule has 2 N–H and O–H groups in total. The minimum Gasteiger partial charge on any atom is -0.504 e. The molecule has 2 aromatic rings. The van der Waals surface area contributed by atoms with Gasteiger partial charge in [0, 0.05) is 24.0 Å². The second kappa shape index (κ2) is 8.89. The lowest BCUT2D eigenvalue weighted by atomic mass is 10.0. The summed E-state index contributed by atoms with van der Waals surface area (Å²) in [5.74, 6) is 0.349. The minimum absolute atomic E-state index is 0.0148. The Morgan fingerprint density at radius 1 is 0.769 bits per heavy atom. The van der Waals surface area contributed by atoms with E-state index in [0.29, 0.717) is 36.8 Å². The average Bonchev–Trinajstić information content (AvgIpc) is 2.65. The smallest absolute Gasteiger partial charge is 0.163 e. The number of phenols is 2. The first-order valence-corrected chi connectivity index (χ1v) is 8.26. The fourth-order valence-corrected chi connectivity index (χ4v) is 2.56. The molecule has 0 aromatic heterocycles. The Morgan fingerprint density at radius 3 is 1.50 bits per heavy atom. The summed E-state index contributed by atoms with van der Waals surface area (Å²) in [6, 6.07) is 8.96. The van der Waals surface area contributed by atoms with Crippen LogP contribution >= 0.6 is 0 Å². The Labute approximate surface area is 152 Å². The van der Waals surface area contributed by atoms with Gasteiger partial charge in [0.05, 0.1) is 14.2 Å². The number of unbranched alkanes of at least 4 members (excludes halogenated alkanes) is 1. The van der Waals surface area contributed by atoms with E-state index in [1.54, 1.807) is 12.1 Å². The largest absolute Gasteiger partial charge is 0.504 e. The third-order valence-electron chi connectivity index (χ3n) is 4.06. The van der Waals surface area contributed by atoms with Crippen molar-refractivity contribution in [2.45, 2.75) is 25.7 Å². The van der Waals surface area contributed by atoms with Gasteiger partial charge in [-0.25, -0.2) is 0 Å². The van der Waals surface area contributed by atoms with Gasteiger partial charge in [-0.3, -0.25) is 9.59 Å². The molecular weight excluding hydrogens is 336 g/mol. The Bertz CT molecular complexity index is 729. The summed E-state index contributed by atoms with van der Waals surface area (Å²) in [6.07, 6.45) is 1.76. The van der Waals surface area contributed by atoms with Crippen LogP contribution in [0, 0.1) is 0 Å². The highest BCUT2D eigenvalue weighted by atomic mass is 16.5. The van der Waals surface area contributed by atoms with Gasteiger partial charge in [0.25, 0.3) is 0 Å². The first-order chi connectivity index (χ1) is 12.5. The van der Waals surface area contributed by atoms with Gasteiger partial charge in [-0.2, -0.15) is 0 Å². The molecule has 0 spiro atoms. The maximum atomic E-state index is 12.2. The molecule has 0 amide bonds. The molecule has 6 heteroatoms. The molecule has 0 aliphatic heterocycles. The van der Waals surface area contributed by atoms with Crippen LogP contribution < -0.4 is 9.47 Å². The van der Waals surface area contributed by atoms with Crippen molar-refractivity contribution in [1.82, 2.24) is 0 Å². The number of phenolic OH excluding ortho intramolecular Hbond substituents is 2. The van der Waals surface area contributed by atoms with Gasteiger partial charge in [0.2, 0.25) is 0 Å². The number of Topliss-reactive ketones (excluding diaryl/α,β-unsaturated/α-hetero) is 2. The number of hydrogen-bond acceptors (Lipinski definition) is 6. The minimum atomic E-state index is -0.0675. The molecule has 0 saturated heterocycles. The second-order valence-electron chi connectivity index (χ2n) is 5.83. The summed E-state index contributed by atoms with van der Waals surface area (Å²) in [5.41, 5.74) is 0.934. The summed E-state index contributed by atoms with van der Waals surface area (Å²) in [5, 5.41) is 19.1. The number of methoxy groups -OCH3 is 2. The van der Waals surface area contributed by atoms with E-state index >= 15 is 0 Å². The van der Waals surface area contributed by atoms with Crippen molar-refractivity contribution in [2.75, 3.05) is 14.2 Å². The van der Waals surface area contributed by atoms with Crippen LogP contribution in [0.2, 0.25) is 0 Å². The molecule has 0 saturated carbocycles. The van der Waals surface area contributed by atoms with Crippen LogP contribution in [-0.4, -0.2) is 36.0 Å². The highest BCUT2D eigenvalue weighted by Crippen LogP contribution is 2.28. The lowest BCUT2D eigenvalue weighted by molar-refractivity contribution is 0.0954. The molecule has 0 heterocycles. The van der Waals surface area contributed by atoms with E-state index in [0.717, 1.165) is 0 Å². The van der Waals surface area contributed by atoms with Crippen LogP contribution in [0.5, 0.6) is 23.0 Å². The van der Waals surface area contributed by atoms with E-state index in [-0.39, 0.29) is 34.6 Å². The summed E-state index contributed by atoms with van der Waals surface area (Å²) in [6.45, 7) is 0. The van der Waals surface area contributed by atoms with Gasteiger partial charge in [-0.1, -0.05) is 0 Å². The molecular formula is C20H22O6. The van der Waals surface area contributed by atoms with Crippen molar-refractivity contribution in [3.05, 3.63) is 47.5 Å². The van der Waals surface area contributed by atoms with Gasteiger partial charge >= 0.3 is 0 Å². The number of carbonyl (C=O) groups excluding carboxylic acids is 2. The van der Waals surface area contributed by atoms with E-state index in [1.807, 2.05) is 0 Å². The fraction of sp³-hybridized carbons (Fsp3) is 0.300. The molecule has 0 atom stereocenters. The molecule has 6 nitrogen and oxygen atoms in total. The predicted molar refractivity (Wildman–Crippen MR) is 96.4 cm³/mol. The molecule has 2 rings (SSSR count). The maximum Gasteiger partial charge on any atom is 0.163 e. The van der Waals surface area contributed by atoms with Crippen molar-refractivity contribution in [2.24, 2.45) is 0 Å². The zero-order chi connectivity index (χ0) is 19.1. The third kappa shape index (κ3) is 4.75. The third-order valence-corrected chi connectivity index (χ3v) is 4.06. The average molecular weight is 358 g/mol. The van der Waals surface area contributed by atoms with E-state index < -0.39 is 0 Å². The standard InChI is InChI=1S/C20H22O6/c1-25-19-11-13(7-9-17(19)23)15(21)5-3-4-6-16(22)14-8-10-18(24)20(12-14)26-2/h7-12,23-24H,3-6H2,1-2H3. The zero-order valence-electron chi connectivity index (χ0n) is 14.8. The van der Waals surface area contributed by atoms with Crippen molar-refractivity contribution in [1.29, 1.82) is 0 Å². The molecule has 0 aliphatic carbocycles. The first kappa shape index (κ1) is 19.3. The molecule has 2 aromatic carbocycles. The highest BCUT2D eigenvalue weighted by molar-refractivity contribution is 5.97. The summed E-state index contributed by atoms with van der Waals surface area (Å²) < 4.78 is 9.99. The lowest BCUT2D eigenvalue weighted by Crippen LogP contribution is -2.02. The summed E-state index contributed by atoms with van der Waals surface area (Å²) in [7, 11) is 2.85. The molecule has 26 heavy (non-hydrogen) atoms.